The molecule has 0 aromatic heterocycles. The highest BCUT2D eigenvalue weighted by molar-refractivity contribution is 6.17. The van der Waals surface area contributed by atoms with Crippen molar-refractivity contribution in [2.24, 2.45) is 5.92 Å². The largest absolute Gasteiger partial charge is 0.294 e. The van der Waals surface area contributed by atoms with Crippen LogP contribution in [0.25, 0.3) is 0 Å². The van der Waals surface area contributed by atoms with E-state index in [1.807, 2.05) is 12.1 Å². The minimum Gasteiger partial charge on any atom is -0.294 e. The van der Waals surface area contributed by atoms with E-state index in [-0.39, 0.29) is 5.78 Å². The number of hydrogen-bond donors (Lipinski definition) is 0. The predicted molar refractivity (Wildman–Crippen MR) is 120 cm³/mol. The fourth-order valence-electron chi connectivity index (χ4n) is 4.49. The molecule has 1 aliphatic carbocycles. The monoisotopic (exact) mass is 396 g/mol. The molecule has 3 rings (SSSR count). The number of carbonyl (C=O) groups is 1. The molecule has 0 aliphatic heterocycles. The smallest absolute Gasteiger partial charge is 0.167 e. The van der Waals surface area contributed by atoms with Gasteiger partial charge in [-0.25, -0.2) is 0 Å². The Morgan fingerprint density at radius 1 is 0.929 bits per heavy atom. The molecule has 0 bridgehead atoms. The summed E-state index contributed by atoms with van der Waals surface area (Å²) in [5.41, 5.74) is 4.68. The number of carbonyl (C=O) groups excluding carboxylic acids is 1. The standard InChI is InChI=1S/C26H33ClO/c1-2-4-20-8-16-25(17-9-20)26(28)19-22-10-14-24(15-11-22)23-12-6-21(7-13-23)5-3-18-27/h8-11,14-17,21,23H,2-7,12-13,18-19H2,1H3. The van der Waals surface area contributed by atoms with Crippen LogP contribution in [0.5, 0.6) is 0 Å². The zero-order valence-electron chi connectivity index (χ0n) is 17.1. The second-order valence-electron chi connectivity index (χ2n) is 8.34. The van der Waals surface area contributed by atoms with Crippen LogP contribution in [0.1, 0.15) is 84.8 Å². The summed E-state index contributed by atoms with van der Waals surface area (Å²) >= 11 is 5.83. The molecule has 150 valence electrons. The van der Waals surface area contributed by atoms with Gasteiger partial charge in [0.2, 0.25) is 0 Å². The number of rotatable bonds is 9. The van der Waals surface area contributed by atoms with Gasteiger partial charge in [0.05, 0.1) is 0 Å². The van der Waals surface area contributed by atoms with Crippen LogP contribution in [-0.2, 0) is 12.8 Å². The lowest BCUT2D eigenvalue weighted by Crippen LogP contribution is -2.13. The Morgan fingerprint density at radius 3 is 2.18 bits per heavy atom. The van der Waals surface area contributed by atoms with Gasteiger partial charge in [-0.2, -0.15) is 0 Å². The van der Waals surface area contributed by atoms with Crippen LogP contribution < -0.4 is 0 Å². The van der Waals surface area contributed by atoms with Crippen LogP contribution in [0, 0.1) is 5.92 Å². The molecule has 0 spiro atoms. The van der Waals surface area contributed by atoms with Gasteiger partial charge in [0.25, 0.3) is 0 Å². The van der Waals surface area contributed by atoms with Crippen LogP contribution >= 0.6 is 11.6 Å². The third-order valence-electron chi connectivity index (χ3n) is 6.22. The Kier molecular flexibility index (Phi) is 8.15. The average molecular weight is 397 g/mol. The first-order chi connectivity index (χ1) is 13.7. The predicted octanol–water partition coefficient (Wildman–Crippen LogP) is 7.36. The molecule has 1 aliphatic rings. The summed E-state index contributed by atoms with van der Waals surface area (Å²) in [6.07, 6.45) is 10.4. The third-order valence-corrected chi connectivity index (χ3v) is 6.49. The number of benzene rings is 2. The van der Waals surface area contributed by atoms with Gasteiger partial charge < -0.3 is 0 Å². The number of hydrogen-bond acceptors (Lipinski definition) is 1. The van der Waals surface area contributed by atoms with Crippen molar-refractivity contribution >= 4 is 17.4 Å². The van der Waals surface area contributed by atoms with Gasteiger partial charge in [-0.05, 0) is 73.5 Å². The maximum Gasteiger partial charge on any atom is 0.167 e. The van der Waals surface area contributed by atoms with Crippen molar-refractivity contribution in [3.63, 3.8) is 0 Å². The molecule has 2 aromatic carbocycles. The highest BCUT2D eigenvalue weighted by atomic mass is 35.5. The molecule has 1 fully saturated rings. The molecule has 1 saturated carbocycles. The molecule has 0 heterocycles. The van der Waals surface area contributed by atoms with Crippen molar-refractivity contribution in [3.8, 4) is 0 Å². The Morgan fingerprint density at radius 2 is 1.57 bits per heavy atom. The molecule has 2 aromatic rings. The summed E-state index contributed by atoms with van der Waals surface area (Å²) < 4.78 is 0. The number of halogens is 1. The van der Waals surface area contributed by atoms with Gasteiger partial charge in [-0.1, -0.05) is 61.9 Å². The van der Waals surface area contributed by atoms with Crippen LogP contribution in [0.3, 0.4) is 0 Å². The summed E-state index contributed by atoms with van der Waals surface area (Å²) in [5, 5.41) is 0. The van der Waals surface area contributed by atoms with Crippen molar-refractivity contribution in [1.82, 2.24) is 0 Å². The lowest BCUT2D eigenvalue weighted by molar-refractivity contribution is 0.0993. The van der Waals surface area contributed by atoms with E-state index in [1.165, 1.54) is 43.2 Å². The molecule has 0 amide bonds. The number of Topliss-reactive ketones (excluding diaryl/α,β-unsaturated/α-hetero) is 1. The van der Waals surface area contributed by atoms with E-state index in [9.17, 15) is 4.79 Å². The molecular formula is C26H33ClO. The van der Waals surface area contributed by atoms with Gasteiger partial charge >= 0.3 is 0 Å². The Bertz CT molecular complexity index is 724. The molecule has 28 heavy (non-hydrogen) atoms. The van der Waals surface area contributed by atoms with E-state index in [0.717, 1.165) is 42.2 Å². The summed E-state index contributed by atoms with van der Waals surface area (Å²) in [5.74, 6) is 2.55. The molecule has 0 unspecified atom stereocenters. The first kappa shape index (κ1) is 21.1. The highest BCUT2D eigenvalue weighted by Crippen LogP contribution is 2.37. The molecule has 2 heteroatoms. The summed E-state index contributed by atoms with van der Waals surface area (Å²) in [7, 11) is 0. The fourth-order valence-corrected chi connectivity index (χ4v) is 4.65. The number of ketones is 1. The zero-order valence-corrected chi connectivity index (χ0v) is 17.9. The molecule has 0 atom stereocenters. The Hall–Kier alpha value is -1.60. The molecule has 0 N–H and O–H groups in total. The normalized spacial score (nSPS) is 19.5. The minimum atomic E-state index is 0.204. The van der Waals surface area contributed by atoms with E-state index in [4.69, 9.17) is 11.6 Å². The van der Waals surface area contributed by atoms with E-state index < -0.39 is 0 Å². The summed E-state index contributed by atoms with van der Waals surface area (Å²) in [4.78, 5) is 12.6. The number of aryl methyl sites for hydroxylation is 1. The van der Waals surface area contributed by atoms with Crippen LogP contribution in [-0.4, -0.2) is 11.7 Å². The fraction of sp³-hybridized carbons (Fsp3) is 0.500. The quantitative estimate of drug-likeness (QED) is 0.319. The maximum absolute atomic E-state index is 12.6. The lowest BCUT2D eigenvalue weighted by Gasteiger charge is -2.28. The van der Waals surface area contributed by atoms with Gasteiger partial charge in [-0.3, -0.25) is 4.79 Å². The average Bonchev–Trinajstić information content (AvgIpc) is 2.74. The Balaban J connectivity index is 1.52. The molecule has 1 nitrogen and oxygen atoms in total. The van der Waals surface area contributed by atoms with E-state index in [1.54, 1.807) is 0 Å². The molecule has 0 radical (unpaired) electrons. The van der Waals surface area contributed by atoms with E-state index in [2.05, 4.69) is 43.3 Å². The number of alkyl halides is 1. The second-order valence-corrected chi connectivity index (χ2v) is 8.72. The minimum absolute atomic E-state index is 0.204. The second kappa shape index (κ2) is 10.8. The van der Waals surface area contributed by atoms with Gasteiger partial charge in [-0.15, -0.1) is 11.6 Å². The molecular weight excluding hydrogens is 364 g/mol. The lowest BCUT2D eigenvalue weighted by atomic mass is 9.77. The van der Waals surface area contributed by atoms with Gasteiger partial charge in [0.1, 0.15) is 0 Å². The van der Waals surface area contributed by atoms with Crippen LogP contribution in [0.2, 0.25) is 0 Å². The van der Waals surface area contributed by atoms with Crippen molar-refractivity contribution in [2.45, 2.75) is 70.6 Å². The van der Waals surface area contributed by atoms with Crippen molar-refractivity contribution in [3.05, 3.63) is 70.8 Å². The van der Waals surface area contributed by atoms with Crippen molar-refractivity contribution < 1.29 is 4.79 Å². The SMILES string of the molecule is CCCc1ccc(C(=O)Cc2ccc(C3CCC(CCCCl)CC3)cc2)cc1. The van der Waals surface area contributed by atoms with E-state index >= 15 is 0 Å². The van der Waals surface area contributed by atoms with Gasteiger partial charge in [0.15, 0.2) is 5.78 Å². The third kappa shape index (κ3) is 5.95. The van der Waals surface area contributed by atoms with Crippen LogP contribution in [0.15, 0.2) is 48.5 Å². The Labute approximate surface area is 175 Å². The highest BCUT2D eigenvalue weighted by Gasteiger charge is 2.22. The topological polar surface area (TPSA) is 17.1 Å². The summed E-state index contributed by atoms with van der Waals surface area (Å²) in [6, 6.07) is 16.9. The zero-order chi connectivity index (χ0) is 19.8. The molecule has 0 saturated heterocycles. The maximum atomic E-state index is 12.6. The van der Waals surface area contributed by atoms with Crippen molar-refractivity contribution in [1.29, 1.82) is 0 Å². The van der Waals surface area contributed by atoms with Gasteiger partial charge in [0, 0.05) is 17.9 Å². The summed E-state index contributed by atoms with van der Waals surface area (Å²) in [6.45, 7) is 2.18. The first-order valence-electron chi connectivity index (χ1n) is 11.0. The van der Waals surface area contributed by atoms with E-state index in [0.29, 0.717) is 12.3 Å². The van der Waals surface area contributed by atoms with Crippen LogP contribution in [0.4, 0.5) is 0 Å². The first-order valence-corrected chi connectivity index (χ1v) is 11.5. The van der Waals surface area contributed by atoms with Crippen molar-refractivity contribution in [2.75, 3.05) is 5.88 Å².